The highest BCUT2D eigenvalue weighted by Crippen LogP contribution is 2.64. The van der Waals surface area contributed by atoms with E-state index in [1.807, 2.05) is 6.07 Å². The van der Waals surface area contributed by atoms with Gasteiger partial charge in [-0.25, -0.2) is 14.6 Å². The maximum atomic E-state index is 6.08. The van der Waals surface area contributed by atoms with Crippen LogP contribution in [-0.4, -0.2) is 39.4 Å². The lowest BCUT2D eigenvalue weighted by Crippen LogP contribution is -2.23. The van der Waals surface area contributed by atoms with Crippen molar-refractivity contribution < 1.29 is 4.74 Å². The summed E-state index contributed by atoms with van der Waals surface area (Å²) in [5.74, 6) is 2.31. The van der Waals surface area contributed by atoms with Gasteiger partial charge in [0.2, 0.25) is 0 Å². The van der Waals surface area contributed by atoms with Gasteiger partial charge >= 0.3 is 0 Å². The minimum absolute atomic E-state index is 0.403. The Kier molecular flexibility index (Phi) is 4.76. The molecule has 0 radical (unpaired) electrons. The maximum absolute atomic E-state index is 6.08. The molecule has 1 N–H and O–H groups in total. The van der Waals surface area contributed by atoms with Crippen LogP contribution in [0.1, 0.15) is 25.1 Å². The molecular weight excluding hydrogens is 458 g/mol. The second-order valence-electron chi connectivity index (χ2n) is 10.5. The minimum Gasteiger partial charge on any atom is -0.360 e. The number of rotatable bonds is 6. The molecule has 0 bridgehead atoms. The molecule has 8 heteroatoms. The number of halogens is 1. The van der Waals surface area contributed by atoms with Gasteiger partial charge in [-0.3, -0.25) is 0 Å². The summed E-state index contributed by atoms with van der Waals surface area (Å²) in [5, 5.41) is 4.99. The third-order valence-corrected chi connectivity index (χ3v) is 9.40. The van der Waals surface area contributed by atoms with Crippen LogP contribution in [0, 0.1) is 17.3 Å². The highest BCUT2D eigenvalue weighted by atomic mass is 79.9. The van der Waals surface area contributed by atoms with Crippen molar-refractivity contribution in [1.29, 1.82) is 0 Å². The van der Waals surface area contributed by atoms with Crippen molar-refractivity contribution >= 4 is 35.2 Å². The molecule has 3 heterocycles. The number of nitrogens with one attached hydrogen (secondary N) is 1. The van der Waals surface area contributed by atoms with E-state index in [-0.39, 0.29) is 0 Å². The summed E-state index contributed by atoms with van der Waals surface area (Å²) in [6.07, 6.45) is 3.94. The fraction of sp³-hybridized carbons (Fsp3) is 0.591. The Morgan fingerprint density at radius 1 is 1.37 bits per heavy atom. The number of imidazole rings is 1. The third-order valence-electron chi connectivity index (χ3n) is 7.26. The van der Waals surface area contributed by atoms with Crippen molar-refractivity contribution in [2.75, 3.05) is 6.61 Å². The van der Waals surface area contributed by atoms with E-state index in [1.54, 1.807) is 6.20 Å². The van der Waals surface area contributed by atoms with E-state index in [4.69, 9.17) is 14.8 Å². The molecule has 6 nitrogen and oxygen atoms in total. The largest absolute Gasteiger partial charge is 0.360 e. The van der Waals surface area contributed by atoms with Crippen LogP contribution in [0.3, 0.4) is 0 Å². The Morgan fingerprint density at radius 2 is 2.17 bits per heavy atom. The van der Waals surface area contributed by atoms with Crippen LogP contribution in [0.5, 0.6) is 0 Å². The zero-order chi connectivity index (χ0) is 21.3. The molecule has 3 aromatic rings. The lowest BCUT2D eigenvalue weighted by molar-refractivity contribution is 0.0756. The third kappa shape index (κ3) is 3.46. The summed E-state index contributed by atoms with van der Waals surface area (Å²) < 4.78 is 9.11. The number of pyridine rings is 1. The summed E-state index contributed by atoms with van der Waals surface area (Å²) in [4.78, 5) is 12.6. The first-order chi connectivity index (χ1) is 14.2. The van der Waals surface area contributed by atoms with Crippen molar-refractivity contribution in [3.8, 4) is 11.5 Å². The molecule has 5 rings (SSSR count). The monoisotopic (exact) mass is 487 g/mol. The molecule has 1 saturated carbocycles. The molecule has 0 saturated heterocycles. The van der Waals surface area contributed by atoms with E-state index in [9.17, 15) is 0 Å². The van der Waals surface area contributed by atoms with Gasteiger partial charge in [-0.05, 0) is 58.1 Å². The Hall–Kier alpha value is -1.51. The molecule has 0 aromatic carbocycles. The van der Waals surface area contributed by atoms with Crippen LogP contribution in [0.2, 0.25) is 25.7 Å². The first-order valence-electron chi connectivity index (χ1n) is 10.8. The van der Waals surface area contributed by atoms with Crippen molar-refractivity contribution in [2.45, 2.75) is 59.1 Å². The zero-order valence-electron chi connectivity index (χ0n) is 18.4. The standard InChI is InChI=1S/C22H30BrN5OSi/c1-13-16-9-15-18(10-22(13,16)2)28(12-29-6-7-30(3,4)5)27-19(15)21-25-17-8-14(23)11-24-20(17)26-21/h8,11,13,16H,6-7,9-10,12H2,1-5H3,(H,24,25,26)/t13-,16+,22-/m0/s1. The van der Waals surface area contributed by atoms with E-state index in [0.717, 1.165) is 58.4 Å². The fourth-order valence-corrected chi connectivity index (χ4v) is 6.02. The van der Waals surface area contributed by atoms with Gasteiger partial charge in [0.05, 0.1) is 0 Å². The second-order valence-corrected chi connectivity index (χ2v) is 17.0. The van der Waals surface area contributed by atoms with Crippen molar-refractivity contribution in [2.24, 2.45) is 17.3 Å². The smallest absolute Gasteiger partial charge is 0.160 e. The molecule has 0 unspecified atom stereocenters. The SMILES string of the molecule is C[C@H]1[C@H]2Cc3c(-c4nc5cc(Br)cnc5[nH]4)nn(COCC[Si](C)(C)C)c3C[C@]21C. The van der Waals surface area contributed by atoms with Crippen molar-refractivity contribution in [1.82, 2.24) is 24.7 Å². The molecule has 160 valence electrons. The van der Waals surface area contributed by atoms with Gasteiger partial charge in [-0.2, -0.15) is 5.10 Å². The maximum Gasteiger partial charge on any atom is 0.160 e. The lowest BCUT2D eigenvalue weighted by atomic mass is 9.87. The summed E-state index contributed by atoms with van der Waals surface area (Å²) >= 11 is 3.49. The van der Waals surface area contributed by atoms with Gasteiger partial charge in [-0.1, -0.05) is 33.5 Å². The Labute approximate surface area is 187 Å². The predicted molar refractivity (Wildman–Crippen MR) is 125 cm³/mol. The molecule has 0 spiro atoms. The highest BCUT2D eigenvalue weighted by molar-refractivity contribution is 9.10. The first kappa shape index (κ1) is 20.4. The van der Waals surface area contributed by atoms with E-state index in [0.29, 0.717) is 12.1 Å². The number of nitrogens with zero attached hydrogens (tertiary/aromatic N) is 4. The normalized spacial score (nSPS) is 25.4. The van der Waals surface area contributed by atoms with Crippen molar-refractivity contribution in [3.63, 3.8) is 0 Å². The number of hydrogen-bond donors (Lipinski definition) is 1. The molecule has 0 amide bonds. The number of H-pyrrole nitrogens is 1. The summed E-state index contributed by atoms with van der Waals surface area (Å²) in [6.45, 7) is 13.3. The molecule has 1 fully saturated rings. The molecule has 2 aliphatic rings. The number of aromatic nitrogens is 5. The van der Waals surface area contributed by atoms with Crippen LogP contribution >= 0.6 is 15.9 Å². The van der Waals surface area contributed by atoms with Crippen LogP contribution in [0.4, 0.5) is 0 Å². The minimum atomic E-state index is -1.10. The van der Waals surface area contributed by atoms with Gasteiger partial charge in [0.15, 0.2) is 11.5 Å². The van der Waals surface area contributed by atoms with E-state index < -0.39 is 8.07 Å². The van der Waals surface area contributed by atoms with Gasteiger partial charge in [0.1, 0.15) is 17.9 Å². The van der Waals surface area contributed by atoms with Crippen LogP contribution in [-0.2, 0) is 24.3 Å². The van der Waals surface area contributed by atoms with Gasteiger partial charge in [-0.15, -0.1) is 0 Å². The van der Waals surface area contributed by atoms with E-state index in [2.05, 4.69) is 64.1 Å². The number of fused-ring (bicyclic) bond motifs is 3. The van der Waals surface area contributed by atoms with Crippen LogP contribution < -0.4 is 0 Å². The lowest BCUT2D eigenvalue weighted by Gasteiger charge is -2.20. The average molecular weight is 489 g/mol. The summed E-state index contributed by atoms with van der Waals surface area (Å²) in [7, 11) is -1.10. The predicted octanol–water partition coefficient (Wildman–Crippen LogP) is 5.27. The quantitative estimate of drug-likeness (QED) is 0.379. The van der Waals surface area contributed by atoms with E-state index >= 15 is 0 Å². The summed E-state index contributed by atoms with van der Waals surface area (Å²) in [5.41, 5.74) is 5.69. The number of ether oxygens (including phenoxy) is 1. The van der Waals surface area contributed by atoms with E-state index in [1.165, 1.54) is 17.3 Å². The average Bonchev–Trinajstić information content (AvgIpc) is 3.01. The Balaban J connectivity index is 1.48. The molecule has 3 aromatic heterocycles. The molecule has 3 atom stereocenters. The molecule has 30 heavy (non-hydrogen) atoms. The number of aromatic amines is 1. The molecular formula is C22H30BrN5OSi. The zero-order valence-corrected chi connectivity index (χ0v) is 21.0. The van der Waals surface area contributed by atoms with Gasteiger partial charge in [0.25, 0.3) is 0 Å². The molecule has 2 aliphatic carbocycles. The highest BCUT2D eigenvalue weighted by Gasteiger charge is 2.60. The topological polar surface area (TPSA) is 68.6 Å². The first-order valence-corrected chi connectivity index (χ1v) is 15.3. The number of hydrogen-bond acceptors (Lipinski definition) is 4. The second kappa shape index (κ2) is 7.00. The molecule has 0 aliphatic heterocycles. The van der Waals surface area contributed by atoms with Crippen LogP contribution in [0.25, 0.3) is 22.7 Å². The summed E-state index contributed by atoms with van der Waals surface area (Å²) in [6, 6.07) is 3.16. The Morgan fingerprint density at radius 3 is 2.93 bits per heavy atom. The fourth-order valence-electron chi connectivity index (χ4n) is 4.95. The Bertz CT molecular complexity index is 1120. The van der Waals surface area contributed by atoms with Gasteiger partial charge < -0.3 is 9.72 Å². The van der Waals surface area contributed by atoms with Crippen LogP contribution in [0.15, 0.2) is 16.7 Å². The van der Waals surface area contributed by atoms with Crippen molar-refractivity contribution in [3.05, 3.63) is 28.0 Å². The van der Waals surface area contributed by atoms with Gasteiger partial charge in [0, 0.05) is 36.6 Å².